The van der Waals surface area contributed by atoms with Gasteiger partial charge in [0.05, 0.1) is 11.1 Å². The second-order valence-electron chi connectivity index (χ2n) is 5.98. The van der Waals surface area contributed by atoms with E-state index in [1.54, 1.807) is 0 Å². The molecular formula is C16H20N4O. The van der Waals surface area contributed by atoms with E-state index in [2.05, 4.69) is 9.88 Å². The second kappa shape index (κ2) is 5.00. The molecule has 1 aromatic carbocycles. The lowest BCUT2D eigenvalue weighted by Gasteiger charge is -2.37. The Morgan fingerprint density at radius 2 is 2.19 bits per heavy atom. The van der Waals surface area contributed by atoms with Crippen LogP contribution in [0.5, 0.6) is 0 Å². The van der Waals surface area contributed by atoms with Crippen molar-refractivity contribution in [1.29, 1.82) is 5.41 Å². The summed E-state index contributed by atoms with van der Waals surface area (Å²) in [7, 11) is 0. The zero-order valence-electron chi connectivity index (χ0n) is 12.1. The predicted octanol–water partition coefficient (Wildman–Crippen LogP) is 1.87. The Labute approximate surface area is 123 Å². The molecule has 0 radical (unpaired) electrons. The highest BCUT2D eigenvalue weighted by molar-refractivity contribution is 6.07. The lowest BCUT2D eigenvalue weighted by molar-refractivity contribution is 0.0447. The quantitative estimate of drug-likeness (QED) is 0.580. The van der Waals surface area contributed by atoms with Crippen LogP contribution in [0, 0.1) is 5.41 Å². The number of piperidine rings is 1. The molecule has 1 saturated heterocycles. The van der Waals surface area contributed by atoms with Crippen molar-refractivity contribution in [3.05, 3.63) is 35.9 Å². The van der Waals surface area contributed by atoms with Crippen molar-refractivity contribution in [2.45, 2.75) is 25.4 Å². The summed E-state index contributed by atoms with van der Waals surface area (Å²) in [6.45, 7) is 3.26. The van der Waals surface area contributed by atoms with Crippen LogP contribution in [0.25, 0.3) is 10.9 Å². The number of fused-ring (bicyclic) bond motifs is 1. The Kier molecular flexibility index (Phi) is 3.29. The van der Waals surface area contributed by atoms with Gasteiger partial charge in [-0.05, 0) is 31.9 Å². The van der Waals surface area contributed by atoms with Crippen molar-refractivity contribution >= 4 is 22.6 Å². The van der Waals surface area contributed by atoms with E-state index in [1.807, 2.05) is 37.3 Å². The molecule has 0 amide bonds. The number of pyridine rings is 1. The van der Waals surface area contributed by atoms with Crippen LogP contribution in [-0.2, 0) is 0 Å². The fourth-order valence-electron chi connectivity index (χ4n) is 2.96. The number of amidine groups is 1. The van der Waals surface area contributed by atoms with Crippen molar-refractivity contribution < 1.29 is 5.11 Å². The third-order valence-corrected chi connectivity index (χ3v) is 3.99. The van der Waals surface area contributed by atoms with Crippen LogP contribution >= 0.6 is 0 Å². The number of β-amino-alcohol motifs (C(OH)–C–C–N with tert-alkyl or cyclic N) is 1. The second-order valence-corrected chi connectivity index (χ2v) is 5.98. The van der Waals surface area contributed by atoms with E-state index in [9.17, 15) is 5.11 Å². The molecule has 21 heavy (non-hydrogen) atoms. The molecule has 0 aliphatic carbocycles. The van der Waals surface area contributed by atoms with Gasteiger partial charge in [0.25, 0.3) is 0 Å². The number of para-hydroxylation sites is 1. The highest BCUT2D eigenvalue weighted by Crippen LogP contribution is 2.27. The first-order chi connectivity index (χ1) is 9.96. The Morgan fingerprint density at radius 3 is 2.90 bits per heavy atom. The van der Waals surface area contributed by atoms with Gasteiger partial charge in [-0.15, -0.1) is 0 Å². The van der Waals surface area contributed by atoms with Gasteiger partial charge in [-0.1, -0.05) is 18.2 Å². The third-order valence-electron chi connectivity index (χ3n) is 3.99. The highest BCUT2D eigenvalue weighted by Gasteiger charge is 2.29. The maximum atomic E-state index is 10.3. The number of rotatable bonds is 2. The Morgan fingerprint density at radius 1 is 1.43 bits per heavy atom. The SMILES string of the molecule is CC1(O)CCCN(c2cc(C(=N)N)c3ccccc3n2)C1. The average molecular weight is 284 g/mol. The van der Waals surface area contributed by atoms with Crippen LogP contribution in [0.3, 0.4) is 0 Å². The largest absolute Gasteiger partial charge is 0.388 e. The molecule has 3 rings (SSSR count). The average Bonchev–Trinajstić information content (AvgIpc) is 2.45. The smallest absolute Gasteiger partial charge is 0.130 e. The predicted molar refractivity (Wildman–Crippen MR) is 84.8 cm³/mol. The molecule has 0 bridgehead atoms. The monoisotopic (exact) mass is 284 g/mol. The number of nitrogens with one attached hydrogen (secondary N) is 1. The van der Waals surface area contributed by atoms with Gasteiger partial charge < -0.3 is 15.7 Å². The normalized spacial score (nSPS) is 22.5. The number of nitrogen functional groups attached to an aromatic ring is 1. The maximum Gasteiger partial charge on any atom is 0.130 e. The Hall–Kier alpha value is -2.14. The van der Waals surface area contributed by atoms with E-state index >= 15 is 0 Å². The van der Waals surface area contributed by atoms with Gasteiger partial charge in [-0.2, -0.15) is 0 Å². The zero-order valence-corrected chi connectivity index (χ0v) is 12.1. The summed E-state index contributed by atoms with van der Waals surface area (Å²) >= 11 is 0. The van der Waals surface area contributed by atoms with Crippen LogP contribution in [-0.4, -0.2) is 34.6 Å². The summed E-state index contributed by atoms with van der Waals surface area (Å²) in [5.74, 6) is 0.817. The maximum absolute atomic E-state index is 10.3. The summed E-state index contributed by atoms with van der Waals surface area (Å²) < 4.78 is 0. The molecule has 1 aromatic heterocycles. The molecule has 1 atom stereocenters. The van der Waals surface area contributed by atoms with Crippen LogP contribution in [0.1, 0.15) is 25.3 Å². The van der Waals surface area contributed by atoms with Gasteiger partial charge >= 0.3 is 0 Å². The molecule has 1 aliphatic heterocycles. The summed E-state index contributed by atoms with van der Waals surface area (Å²) in [5, 5.41) is 18.9. The van der Waals surface area contributed by atoms with E-state index in [4.69, 9.17) is 11.1 Å². The summed E-state index contributed by atoms with van der Waals surface area (Å²) in [5.41, 5.74) is 6.55. The summed E-state index contributed by atoms with van der Waals surface area (Å²) in [6.07, 6.45) is 1.73. The lowest BCUT2D eigenvalue weighted by Crippen LogP contribution is -2.46. The number of benzene rings is 1. The lowest BCUT2D eigenvalue weighted by atomic mass is 9.95. The van der Waals surface area contributed by atoms with Crippen LogP contribution in [0.2, 0.25) is 0 Å². The van der Waals surface area contributed by atoms with E-state index in [0.29, 0.717) is 12.1 Å². The number of nitrogens with zero attached hydrogens (tertiary/aromatic N) is 2. The molecule has 110 valence electrons. The first kappa shape index (κ1) is 13.8. The molecule has 4 N–H and O–H groups in total. The minimum atomic E-state index is -0.692. The summed E-state index contributed by atoms with van der Waals surface area (Å²) in [6, 6.07) is 9.55. The van der Waals surface area contributed by atoms with Gasteiger partial charge in [-0.25, -0.2) is 4.98 Å². The van der Waals surface area contributed by atoms with E-state index < -0.39 is 5.60 Å². The Balaban J connectivity index is 2.09. The minimum Gasteiger partial charge on any atom is -0.388 e. The molecule has 2 heterocycles. The molecule has 0 spiro atoms. The van der Waals surface area contributed by atoms with Gasteiger partial charge in [-0.3, -0.25) is 5.41 Å². The van der Waals surface area contributed by atoms with Gasteiger partial charge in [0.15, 0.2) is 0 Å². The van der Waals surface area contributed by atoms with Gasteiger partial charge in [0.1, 0.15) is 11.7 Å². The molecule has 0 saturated carbocycles. The number of aromatic nitrogens is 1. The first-order valence-electron chi connectivity index (χ1n) is 7.18. The van der Waals surface area contributed by atoms with E-state index in [0.717, 1.165) is 36.1 Å². The standard InChI is InChI=1S/C16H20N4O/c1-16(21)7-4-8-20(10-16)14-9-12(15(17)18)11-5-2-3-6-13(11)19-14/h2-3,5-6,9,21H,4,7-8,10H2,1H3,(H3,17,18). The first-order valence-corrected chi connectivity index (χ1v) is 7.18. The van der Waals surface area contributed by atoms with Crippen molar-refractivity contribution in [3.63, 3.8) is 0 Å². The Bertz CT molecular complexity index is 696. The fourth-order valence-corrected chi connectivity index (χ4v) is 2.96. The number of anilines is 1. The van der Waals surface area contributed by atoms with E-state index in [-0.39, 0.29) is 5.84 Å². The van der Waals surface area contributed by atoms with E-state index in [1.165, 1.54) is 0 Å². The van der Waals surface area contributed by atoms with Gasteiger partial charge in [0, 0.05) is 24.0 Å². The number of hydrogen-bond donors (Lipinski definition) is 3. The topological polar surface area (TPSA) is 86.2 Å². The molecule has 1 aliphatic rings. The van der Waals surface area contributed by atoms with Crippen LogP contribution in [0.4, 0.5) is 5.82 Å². The van der Waals surface area contributed by atoms with Crippen molar-refractivity contribution in [3.8, 4) is 0 Å². The fraction of sp³-hybridized carbons (Fsp3) is 0.375. The third kappa shape index (κ3) is 2.69. The molecule has 1 fully saturated rings. The molecule has 2 aromatic rings. The number of aliphatic hydroxyl groups is 1. The van der Waals surface area contributed by atoms with Crippen molar-refractivity contribution in [2.75, 3.05) is 18.0 Å². The summed E-state index contributed by atoms with van der Waals surface area (Å²) in [4.78, 5) is 6.74. The van der Waals surface area contributed by atoms with Crippen LogP contribution < -0.4 is 10.6 Å². The highest BCUT2D eigenvalue weighted by atomic mass is 16.3. The molecule has 1 unspecified atom stereocenters. The molecule has 5 heteroatoms. The number of hydrogen-bond acceptors (Lipinski definition) is 4. The van der Waals surface area contributed by atoms with Gasteiger partial charge in [0.2, 0.25) is 0 Å². The minimum absolute atomic E-state index is 0.0404. The molecule has 5 nitrogen and oxygen atoms in total. The molecular weight excluding hydrogens is 264 g/mol. The zero-order chi connectivity index (χ0) is 15.0. The van der Waals surface area contributed by atoms with Crippen LogP contribution in [0.15, 0.2) is 30.3 Å². The van der Waals surface area contributed by atoms with Crippen molar-refractivity contribution in [2.24, 2.45) is 5.73 Å². The van der Waals surface area contributed by atoms with Crippen molar-refractivity contribution in [1.82, 2.24) is 4.98 Å². The number of nitrogens with two attached hydrogens (primary N) is 1.